The minimum absolute atomic E-state index is 0.336. The minimum Gasteiger partial charge on any atom is -0.490 e. The summed E-state index contributed by atoms with van der Waals surface area (Å²) in [5.74, 6) is 1.59. The maximum atomic E-state index is 7.23. The number of benzene rings is 6. The summed E-state index contributed by atoms with van der Waals surface area (Å²) in [6.45, 7) is 33.6. The van der Waals surface area contributed by atoms with Crippen molar-refractivity contribution in [2.45, 2.75) is 87.9 Å². The standard InChI is InChI=1S/C68H84O6Si2/c1-9-41-75(42-10-2,43-11-3)47-15-17-55-23-29-61-59(49-55)51-63(57-25-19-53(7)20-26-57)67-65(61)66-62-30-24-56(18-16-48-76(44-12-4,45-13-5)46-14-6)50-60(62)52-64(58-27-21-54(8)22-28-58)68(66)74-40-38-72-36-34-70-32-31-69-33-35-71-37-39-73-67/h9-14,19-30,49-52H,1-6,15-18,31-48H2,7-8H3. The lowest BCUT2D eigenvalue weighted by Gasteiger charge is -2.29. The zero-order valence-corrected chi connectivity index (χ0v) is 48.0. The topological polar surface area (TPSA) is 55.4 Å². The van der Waals surface area contributed by atoms with Gasteiger partial charge in [0.05, 0.1) is 69.0 Å². The lowest BCUT2D eigenvalue weighted by molar-refractivity contribution is -0.00701. The van der Waals surface area contributed by atoms with Crippen molar-refractivity contribution in [2.75, 3.05) is 66.1 Å². The third kappa shape index (κ3) is 15.4. The van der Waals surface area contributed by atoms with Crippen molar-refractivity contribution in [1.29, 1.82) is 0 Å². The van der Waals surface area contributed by atoms with Crippen LogP contribution >= 0.6 is 0 Å². The molecule has 0 spiro atoms. The number of allylic oxidation sites excluding steroid dienone is 6. The lowest BCUT2D eigenvalue weighted by atomic mass is 9.85. The predicted molar refractivity (Wildman–Crippen MR) is 329 cm³/mol. The van der Waals surface area contributed by atoms with E-state index in [-0.39, 0.29) is 0 Å². The summed E-state index contributed by atoms with van der Waals surface area (Å²) in [5.41, 5.74) is 11.2. The Morgan fingerprint density at radius 2 is 0.711 bits per heavy atom. The van der Waals surface area contributed by atoms with Gasteiger partial charge in [-0.1, -0.05) is 157 Å². The molecule has 0 radical (unpaired) electrons. The van der Waals surface area contributed by atoms with E-state index in [0.717, 1.165) is 128 Å². The van der Waals surface area contributed by atoms with Gasteiger partial charge in [-0.3, -0.25) is 0 Å². The number of fused-ring (bicyclic) bond motifs is 7. The summed E-state index contributed by atoms with van der Waals surface area (Å²) in [6.07, 6.45) is 16.8. The second-order valence-corrected chi connectivity index (χ2v) is 30.4. The Balaban J connectivity index is 1.48. The van der Waals surface area contributed by atoms with E-state index in [1.165, 1.54) is 34.3 Å². The van der Waals surface area contributed by atoms with E-state index >= 15 is 0 Å². The average Bonchev–Trinajstić information content (AvgIpc) is 3.45. The molecule has 1 aliphatic rings. The van der Waals surface area contributed by atoms with Crippen LogP contribution in [0.5, 0.6) is 11.5 Å². The van der Waals surface area contributed by atoms with E-state index in [9.17, 15) is 0 Å². The quantitative estimate of drug-likeness (QED) is 0.0499. The minimum atomic E-state index is -1.69. The van der Waals surface area contributed by atoms with Crippen molar-refractivity contribution in [3.05, 3.63) is 195 Å². The van der Waals surface area contributed by atoms with Crippen molar-refractivity contribution in [3.8, 4) is 44.9 Å². The molecule has 1 heterocycles. The molecule has 400 valence electrons. The van der Waals surface area contributed by atoms with Crippen molar-refractivity contribution >= 4 is 37.7 Å². The van der Waals surface area contributed by atoms with Crippen LogP contribution in [-0.2, 0) is 31.8 Å². The summed E-state index contributed by atoms with van der Waals surface area (Å²) in [5, 5.41) is 4.49. The molecule has 0 N–H and O–H groups in total. The third-order valence-corrected chi connectivity index (χ3v) is 24.9. The molecule has 0 aliphatic carbocycles. The predicted octanol–water partition coefficient (Wildman–Crippen LogP) is 17.3. The molecule has 1 aliphatic heterocycles. The molecule has 76 heavy (non-hydrogen) atoms. The van der Waals surface area contributed by atoms with Gasteiger partial charge in [-0.05, 0) is 119 Å². The van der Waals surface area contributed by atoms with Gasteiger partial charge in [0, 0.05) is 22.3 Å². The van der Waals surface area contributed by atoms with E-state index in [0.29, 0.717) is 66.1 Å². The summed E-state index contributed by atoms with van der Waals surface area (Å²) < 4.78 is 38.5. The Hall–Kier alpha value is -5.85. The second-order valence-electron chi connectivity index (χ2n) is 20.9. The Kier molecular flexibility index (Phi) is 22.5. The number of ether oxygens (including phenoxy) is 6. The van der Waals surface area contributed by atoms with Crippen LogP contribution in [0.4, 0.5) is 0 Å². The molecule has 6 nitrogen and oxygen atoms in total. The Bertz CT molecular complexity index is 2630. The molecule has 0 amide bonds. The summed E-state index contributed by atoms with van der Waals surface area (Å²) in [7, 11) is -3.38. The van der Waals surface area contributed by atoms with E-state index in [1.807, 2.05) is 0 Å². The first-order chi connectivity index (χ1) is 37.2. The highest BCUT2D eigenvalue weighted by Crippen LogP contribution is 2.53. The molecular formula is C68H84O6Si2. The van der Waals surface area contributed by atoms with Crippen molar-refractivity contribution in [1.82, 2.24) is 0 Å². The molecule has 0 atom stereocenters. The van der Waals surface area contributed by atoms with Crippen LogP contribution in [0.2, 0.25) is 48.4 Å². The fraction of sp³-hybridized carbons (Fsp3) is 0.353. The van der Waals surface area contributed by atoms with Gasteiger partial charge in [0.15, 0.2) is 0 Å². The van der Waals surface area contributed by atoms with Crippen molar-refractivity contribution in [2.24, 2.45) is 0 Å². The van der Waals surface area contributed by atoms with Crippen LogP contribution in [0.3, 0.4) is 0 Å². The number of rotatable bonds is 22. The highest BCUT2D eigenvalue weighted by Gasteiger charge is 2.30. The molecule has 0 aromatic heterocycles. The number of aryl methyl sites for hydroxylation is 4. The SMILES string of the molecule is C=CC[Si](CC=C)(CC=C)CCCc1ccc2c3c(c(-c4ccc(C)cc4)cc2c1)OCCOCCOCCOCCOCCOc1c(-c2ccc(C)cc2)cc2cc(CCC[Si](CC=C)(CC=C)CC=C)ccc2c1-3. The highest BCUT2D eigenvalue weighted by molar-refractivity contribution is 6.81. The first-order valence-corrected chi connectivity index (χ1v) is 33.4. The molecule has 0 bridgehead atoms. The molecule has 0 unspecified atom stereocenters. The zero-order valence-electron chi connectivity index (χ0n) is 46.0. The Morgan fingerprint density at radius 3 is 1.03 bits per heavy atom. The van der Waals surface area contributed by atoms with Gasteiger partial charge in [0.25, 0.3) is 0 Å². The van der Waals surface area contributed by atoms with Gasteiger partial charge in [0.2, 0.25) is 0 Å². The highest BCUT2D eigenvalue weighted by atomic mass is 28.3. The second kappa shape index (κ2) is 29.6. The molecule has 0 saturated carbocycles. The molecular weight excluding hydrogens is 969 g/mol. The smallest absolute Gasteiger partial charge is 0.135 e. The van der Waals surface area contributed by atoms with Crippen LogP contribution in [0.15, 0.2) is 173 Å². The Morgan fingerprint density at radius 1 is 0.395 bits per heavy atom. The van der Waals surface area contributed by atoms with E-state index in [2.05, 4.69) is 187 Å². The fourth-order valence-corrected chi connectivity index (χ4v) is 19.1. The Labute approximate surface area is 457 Å². The first-order valence-electron chi connectivity index (χ1n) is 27.8. The first kappa shape index (κ1) is 57.8. The molecule has 7 rings (SSSR count). The van der Waals surface area contributed by atoms with Crippen LogP contribution in [0, 0.1) is 13.8 Å². The van der Waals surface area contributed by atoms with Gasteiger partial charge in [-0.2, -0.15) is 0 Å². The van der Waals surface area contributed by atoms with Gasteiger partial charge in [-0.25, -0.2) is 0 Å². The zero-order chi connectivity index (χ0) is 53.6. The average molecular weight is 1050 g/mol. The molecule has 8 heteroatoms. The summed E-state index contributed by atoms with van der Waals surface area (Å²) in [6, 6.07) is 45.3. The van der Waals surface area contributed by atoms with Gasteiger partial charge >= 0.3 is 0 Å². The molecule has 6 aromatic rings. The fourth-order valence-electron chi connectivity index (χ4n) is 11.3. The summed E-state index contributed by atoms with van der Waals surface area (Å²) >= 11 is 0. The van der Waals surface area contributed by atoms with E-state index in [1.54, 1.807) is 0 Å². The van der Waals surface area contributed by atoms with E-state index in [4.69, 9.17) is 28.4 Å². The van der Waals surface area contributed by atoms with Crippen LogP contribution < -0.4 is 9.47 Å². The normalized spacial score (nSPS) is 14.3. The maximum absolute atomic E-state index is 7.23. The van der Waals surface area contributed by atoms with E-state index < -0.39 is 16.1 Å². The van der Waals surface area contributed by atoms with Gasteiger partial charge in [-0.15, -0.1) is 39.5 Å². The molecule has 6 aromatic carbocycles. The molecule has 0 fully saturated rings. The number of hydrogen-bond acceptors (Lipinski definition) is 6. The van der Waals surface area contributed by atoms with Crippen LogP contribution in [0.25, 0.3) is 54.9 Å². The largest absolute Gasteiger partial charge is 0.490 e. The maximum Gasteiger partial charge on any atom is 0.135 e. The van der Waals surface area contributed by atoms with Crippen molar-refractivity contribution in [3.63, 3.8) is 0 Å². The molecule has 0 saturated heterocycles. The summed E-state index contributed by atoms with van der Waals surface area (Å²) in [4.78, 5) is 0. The monoisotopic (exact) mass is 1050 g/mol. The third-order valence-electron chi connectivity index (χ3n) is 15.2. The van der Waals surface area contributed by atoms with Crippen LogP contribution in [-0.4, -0.2) is 82.2 Å². The van der Waals surface area contributed by atoms with Crippen molar-refractivity contribution < 1.29 is 28.4 Å². The number of hydrogen-bond donors (Lipinski definition) is 0. The van der Waals surface area contributed by atoms with Gasteiger partial charge < -0.3 is 28.4 Å². The van der Waals surface area contributed by atoms with Gasteiger partial charge in [0.1, 0.15) is 24.7 Å². The lowest BCUT2D eigenvalue weighted by Crippen LogP contribution is -2.32. The van der Waals surface area contributed by atoms with Crippen LogP contribution in [0.1, 0.15) is 35.1 Å².